The number of nitrogens with one attached hydrogen (secondary N) is 2. The van der Waals surface area contributed by atoms with Crippen molar-refractivity contribution < 1.29 is 4.79 Å². The fraction of sp³-hybridized carbons (Fsp3) is 0.647. The predicted molar refractivity (Wildman–Crippen MR) is 88.7 cm³/mol. The van der Waals surface area contributed by atoms with Gasteiger partial charge < -0.3 is 10.6 Å². The molecule has 0 aliphatic rings. The standard InChI is InChI=1S/C17H29N3O/c1-7-8-18-15-10-14(9-13(3)20-15)16(21)19-11-12(2)17(4,5)6/h9-10,12H,7-8,11H2,1-6H3,(H,18,20)(H,19,21). The fourth-order valence-corrected chi connectivity index (χ4v) is 1.80. The van der Waals surface area contributed by atoms with Crippen LogP contribution in [0.1, 0.15) is 57.1 Å². The summed E-state index contributed by atoms with van der Waals surface area (Å²) in [6.45, 7) is 14.3. The molecule has 1 amide bonds. The molecular formula is C17H29N3O. The van der Waals surface area contributed by atoms with E-state index in [4.69, 9.17) is 0 Å². The smallest absolute Gasteiger partial charge is 0.251 e. The Morgan fingerprint density at radius 1 is 1.33 bits per heavy atom. The van der Waals surface area contributed by atoms with Gasteiger partial charge in [0.15, 0.2) is 0 Å². The molecule has 1 aromatic heterocycles. The normalized spacial score (nSPS) is 12.9. The molecule has 0 fully saturated rings. The van der Waals surface area contributed by atoms with Crippen molar-refractivity contribution in [2.75, 3.05) is 18.4 Å². The fourth-order valence-electron chi connectivity index (χ4n) is 1.80. The highest BCUT2D eigenvalue weighted by molar-refractivity contribution is 5.95. The van der Waals surface area contributed by atoms with Crippen LogP contribution in [0.4, 0.5) is 5.82 Å². The minimum absolute atomic E-state index is 0.0313. The van der Waals surface area contributed by atoms with Crippen molar-refractivity contribution >= 4 is 11.7 Å². The second-order valence-electron chi connectivity index (χ2n) is 6.79. The Kier molecular flexibility index (Phi) is 6.19. The lowest BCUT2D eigenvalue weighted by atomic mass is 9.82. The molecule has 0 aliphatic carbocycles. The Hall–Kier alpha value is -1.58. The summed E-state index contributed by atoms with van der Waals surface area (Å²) in [6.07, 6.45) is 1.03. The maximum absolute atomic E-state index is 12.3. The highest BCUT2D eigenvalue weighted by Gasteiger charge is 2.20. The van der Waals surface area contributed by atoms with Crippen molar-refractivity contribution in [2.45, 2.75) is 48.0 Å². The van der Waals surface area contributed by atoms with Gasteiger partial charge in [-0.3, -0.25) is 4.79 Å². The van der Waals surface area contributed by atoms with Crippen LogP contribution in [-0.4, -0.2) is 24.0 Å². The van der Waals surface area contributed by atoms with E-state index in [0.29, 0.717) is 18.0 Å². The number of aromatic nitrogens is 1. The van der Waals surface area contributed by atoms with Crippen LogP contribution < -0.4 is 10.6 Å². The monoisotopic (exact) mass is 291 g/mol. The van der Waals surface area contributed by atoms with Gasteiger partial charge in [-0.1, -0.05) is 34.6 Å². The highest BCUT2D eigenvalue weighted by Crippen LogP contribution is 2.24. The average molecular weight is 291 g/mol. The van der Waals surface area contributed by atoms with Crippen LogP contribution in [0.15, 0.2) is 12.1 Å². The van der Waals surface area contributed by atoms with Gasteiger partial charge in [-0.25, -0.2) is 4.98 Å². The van der Waals surface area contributed by atoms with Crippen molar-refractivity contribution in [3.05, 3.63) is 23.4 Å². The van der Waals surface area contributed by atoms with Crippen LogP contribution in [0, 0.1) is 18.3 Å². The molecule has 0 saturated carbocycles. The van der Waals surface area contributed by atoms with Crippen LogP contribution in [0.2, 0.25) is 0 Å². The number of rotatable bonds is 6. The van der Waals surface area contributed by atoms with Crippen molar-refractivity contribution in [1.29, 1.82) is 0 Å². The summed E-state index contributed by atoms with van der Waals surface area (Å²) in [5, 5.41) is 6.25. The molecule has 0 aliphatic heterocycles. The molecule has 0 saturated heterocycles. The second kappa shape index (κ2) is 7.43. The number of amides is 1. The Morgan fingerprint density at radius 3 is 2.57 bits per heavy atom. The number of carbonyl (C=O) groups excluding carboxylic acids is 1. The third-order valence-electron chi connectivity index (χ3n) is 3.82. The zero-order valence-corrected chi connectivity index (χ0v) is 14.2. The molecule has 0 aromatic carbocycles. The average Bonchev–Trinajstić information content (AvgIpc) is 2.40. The van der Waals surface area contributed by atoms with E-state index < -0.39 is 0 Å². The van der Waals surface area contributed by atoms with Crippen LogP contribution in [0.5, 0.6) is 0 Å². The van der Waals surface area contributed by atoms with Gasteiger partial charge in [-0.2, -0.15) is 0 Å². The predicted octanol–water partition coefficient (Wildman–Crippen LogP) is 3.62. The van der Waals surface area contributed by atoms with Gasteiger partial charge in [0.2, 0.25) is 0 Å². The van der Waals surface area contributed by atoms with Crippen molar-refractivity contribution in [1.82, 2.24) is 10.3 Å². The SMILES string of the molecule is CCCNc1cc(C(=O)NCC(C)C(C)(C)C)cc(C)n1. The van der Waals surface area contributed by atoms with E-state index in [2.05, 4.69) is 50.2 Å². The molecule has 1 unspecified atom stereocenters. The van der Waals surface area contributed by atoms with Gasteiger partial charge >= 0.3 is 0 Å². The first-order chi connectivity index (χ1) is 9.74. The van der Waals surface area contributed by atoms with Gasteiger partial charge in [0.05, 0.1) is 0 Å². The first-order valence-corrected chi connectivity index (χ1v) is 7.74. The molecule has 4 heteroatoms. The van der Waals surface area contributed by atoms with Crippen molar-refractivity contribution in [2.24, 2.45) is 11.3 Å². The zero-order chi connectivity index (χ0) is 16.0. The van der Waals surface area contributed by atoms with Crippen LogP contribution in [0.3, 0.4) is 0 Å². The van der Waals surface area contributed by atoms with Gasteiger partial charge in [0.25, 0.3) is 5.91 Å². The minimum atomic E-state index is -0.0313. The van der Waals surface area contributed by atoms with Crippen LogP contribution in [-0.2, 0) is 0 Å². The molecule has 1 heterocycles. The minimum Gasteiger partial charge on any atom is -0.370 e. The maximum Gasteiger partial charge on any atom is 0.251 e. The summed E-state index contributed by atoms with van der Waals surface area (Å²) in [7, 11) is 0. The molecule has 0 bridgehead atoms. The molecule has 1 atom stereocenters. The Bertz CT molecular complexity index is 477. The van der Waals surface area contributed by atoms with Gasteiger partial charge in [0.1, 0.15) is 5.82 Å². The molecule has 4 nitrogen and oxygen atoms in total. The van der Waals surface area contributed by atoms with Crippen molar-refractivity contribution in [3.63, 3.8) is 0 Å². The number of hydrogen-bond acceptors (Lipinski definition) is 3. The number of anilines is 1. The third kappa shape index (κ3) is 5.74. The first kappa shape index (κ1) is 17.5. The lowest BCUT2D eigenvalue weighted by molar-refractivity contribution is 0.0937. The van der Waals surface area contributed by atoms with E-state index in [-0.39, 0.29) is 11.3 Å². The summed E-state index contributed by atoms with van der Waals surface area (Å²) in [4.78, 5) is 16.7. The summed E-state index contributed by atoms with van der Waals surface area (Å²) in [5.41, 5.74) is 1.71. The molecule has 2 N–H and O–H groups in total. The summed E-state index contributed by atoms with van der Waals surface area (Å²) < 4.78 is 0. The largest absolute Gasteiger partial charge is 0.370 e. The van der Waals surface area contributed by atoms with Crippen LogP contribution >= 0.6 is 0 Å². The molecular weight excluding hydrogens is 262 g/mol. The maximum atomic E-state index is 12.3. The van der Waals surface area contributed by atoms with E-state index in [1.807, 2.05) is 19.1 Å². The topological polar surface area (TPSA) is 54.0 Å². The lowest BCUT2D eigenvalue weighted by Crippen LogP contribution is -2.33. The van der Waals surface area contributed by atoms with Crippen molar-refractivity contribution in [3.8, 4) is 0 Å². The van der Waals surface area contributed by atoms with E-state index in [1.54, 1.807) is 0 Å². The number of hydrogen-bond donors (Lipinski definition) is 2. The van der Waals surface area contributed by atoms with E-state index in [0.717, 1.165) is 24.5 Å². The lowest BCUT2D eigenvalue weighted by Gasteiger charge is -2.27. The van der Waals surface area contributed by atoms with E-state index >= 15 is 0 Å². The molecule has 0 radical (unpaired) electrons. The third-order valence-corrected chi connectivity index (χ3v) is 3.82. The zero-order valence-electron chi connectivity index (χ0n) is 14.2. The van der Waals surface area contributed by atoms with Gasteiger partial charge in [-0.05, 0) is 36.8 Å². The molecule has 1 aromatic rings. The summed E-state index contributed by atoms with van der Waals surface area (Å²) in [5.74, 6) is 1.16. The molecule has 0 spiro atoms. The van der Waals surface area contributed by atoms with Gasteiger partial charge in [0, 0.05) is 24.3 Å². The summed E-state index contributed by atoms with van der Waals surface area (Å²) in [6, 6.07) is 3.65. The Labute approximate surface area is 128 Å². The Balaban J connectivity index is 2.71. The molecule has 118 valence electrons. The van der Waals surface area contributed by atoms with Crippen LogP contribution in [0.25, 0.3) is 0 Å². The number of nitrogens with zero attached hydrogens (tertiary/aromatic N) is 1. The highest BCUT2D eigenvalue weighted by atomic mass is 16.1. The molecule has 21 heavy (non-hydrogen) atoms. The number of pyridine rings is 1. The number of aryl methyl sites for hydroxylation is 1. The Morgan fingerprint density at radius 2 is 2.00 bits per heavy atom. The van der Waals surface area contributed by atoms with E-state index in [9.17, 15) is 4.79 Å². The second-order valence-corrected chi connectivity index (χ2v) is 6.79. The first-order valence-electron chi connectivity index (χ1n) is 7.74. The summed E-state index contributed by atoms with van der Waals surface area (Å²) >= 11 is 0. The van der Waals surface area contributed by atoms with Gasteiger partial charge in [-0.15, -0.1) is 0 Å². The molecule has 1 rings (SSSR count). The van der Waals surface area contributed by atoms with E-state index in [1.165, 1.54) is 0 Å². The number of carbonyl (C=O) groups is 1. The quantitative estimate of drug-likeness (QED) is 0.841.